The Morgan fingerprint density at radius 1 is 1.43 bits per heavy atom. The van der Waals surface area contributed by atoms with Crippen molar-refractivity contribution in [3.63, 3.8) is 0 Å². The standard InChI is InChI=1S/C16H20ClN3O/c1-19-7-6-11(10-19)9-18-16(21)15-8-12-13(17)4-3-5-14(12)20(15)2/h3-5,8,11H,6-7,9-10H2,1-2H3,(H,18,21)/t11-/m0/s1. The van der Waals surface area contributed by atoms with E-state index in [-0.39, 0.29) is 5.91 Å². The van der Waals surface area contributed by atoms with Crippen molar-refractivity contribution < 1.29 is 4.79 Å². The van der Waals surface area contributed by atoms with Crippen LogP contribution in [0.25, 0.3) is 10.9 Å². The van der Waals surface area contributed by atoms with E-state index in [0.717, 1.165) is 37.0 Å². The van der Waals surface area contributed by atoms with Crippen molar-refractivity contribution in [2.75, 3.05) is 26.7 Å². The number of nitrogens with one attached hydrogen (secondary N) is 1. The average Bonchev–Trinajstić information content (AvgIpc) is 3.02. The molecule has 1 N–H and O–H groups in total. The van der Waals surface area contributed by atoms with Gasteiger partial charge >= 0.3 is 0 Å². The molecule has 1 fully saturated rings. The number of nitrogens with zero attached hydrogens (tertiary/aromatic N) is 2. The van der Waals surface area contributed by atoms with Crippen molar-refractivity contribution in [1.82, 2.24) is 14.8 Å². The number of aromatic nitrogens is 1. The van der Waals surface area contributed by atoms with E-state index in [1.54, 1.807) is 0 Å². The number of benzene rings is 1. The maximum atomic E-state index is 12.4. The van der Waals surface area contributed by atoms with E-state index >= 15 is 0 Å². The van der Waals surface area contributed by atoms with E-state index in [1.165, 1.54) is 0 Å². The Balaban J connectivity index is 1.75. The van der Waals surface area contributed by atoms with Gasteiger partial charge in [-0.25, -0.2) is 0 Å². The second-order valence-corrected chi connectivity index (χ2v) is 6.30. The molecular weight excluding hydrogens is 286 g/mol. The fourth-order valence-electron chi connectivity index (χ4n) is 3.06. The van der Waals surface area contributed by atoms with Gasteiger partial charge in [0.2, 0.25) is 0 Å². The highest BCUT2D eigenvalue weighted by atomic mass is 35.5. The lowest BCUT2D eigenvalue weighted by molar-refractivity contribution is 0.0940. The lowest BCUT2D eigenvalue weighted by Crippen LogP contribution is -2.31. The molecule has 1 amide bonds. The first-order valence-electron chi connectivity index (χ1n) is 7.27. The molecule has 1 aliphatic rings. The number of aryl methyl sites for hydroxylation is 1. The van der Waals surface area contributed by atoms with Crippen molar-refractivity contribution in [2.45, 2.75) is 6.42 Å². The minimum atomic E-state index is -0.0284. The first kappa shape index (κ1) is 14.4. The van der Waals surface area contributed by atoms with Gasteiger partial charge in [0.15, 0.2) is 0 Å². The van der Waals surface area contributed by atoms with Gasteiger partial charge in [-0.2, -0.15) is 0 Å². The van der Waals surface area contributed by atoms with E-state index in [0.29, 0.717) is 16.6 Å². The van der Waals surface area contributed by atoms with Gasteiger partial charge in [0.1, 0.15) is 5.69 Å². The van der Waals surface area contributed by atoms with Crippen LogP contribution in [0, 0.1) is 5.92 Å². The highest BCUT2D eigenvalue weighted by Crippen LogP contribution is 2.26. The molecule has 0 bridgehead atoms. The monoisotopic (exact) mass is 305 g/mol. The molecule has 2 heterocycles. The lowest BCUT2D eigenvalue weighted by Gasteiger charge is -2.12. The highest BCUT2D eigenvalue weighted by molar-refractivity contribution is 6.35. The molecule has 0 spiro atoms. The number of carbonyl (C=O) groups is 1. The van der Waals surface area contributed by atoms with E-state index in [1.807, 2.05) is 35.9 Å². The van der Waals surface area contributed by atoms with Gasteiger partial charge in [-0.05, 0) is 44.1 Å². The summed E-state index contributed by atoms with van der Waals surface area (Å²) in [6, 6.07) is 7.60. The zero-order valence-electron chi connectivity index (χ0n) is 12.4. The third-order valence-electron chi connectivity index (χ3n) is 4.31. The summed E-state index contributed by atoms with van der Waals surface area (Å²) in [7, 11) is 4.02. The van der Waals surface area contributed by atoms with Crippen molar-refractivity contribution >= 4 is 28.4 Å². The van der Waals surface area contributed by atoms with Crippen LogP contribution >= 0.6 is 11.6 Å². The number of carbonyl (C=O) groups excluding carboxylic acids is 1. The van der Waals surface area contributed by atoms with E-state index < -0.39 is 0 Å². The maximum absolute atomic E-state index is 12.4. The van der Waals surface area contributed by atoms with Gasteiger partial charge in [-0.3, -0.25) is 4.79 Å². The van der Waals surface area contributed by atoms with E-state index in [4.69, 9.17) is 11.6 Å². The molecule has 21 heavy (non-hydrogen) atoms. The molecule has 3 rings (SSSR count). The number of likely N-dealkylation sites (tertiary alicyclic amines) is 1. The van der Waals surface area contributed by atoms with Crippen LogP contribution in [0.15, 0.2) is 24.3 Å². The summed E-state index contributed by atoms with van der Waals surface area (Å²) in [5, 5.41) is 4.66. The first-order valence-corrected chi connectivity index (χ1v) is 7.64. The number of hydrogen-bond donors (Lipinski definition) is 1. The SMILES string of the molecule is CN1CC[C@@H](CNC(=O)c2cc3c(Cl)cccc3n2C)C1. The molecular formula is C16H20ClN3O. The van der Waals surface area contributed by atoms with Crippen LogP contribution < -0.4 is 5.32 Å². The predicted molar refractivity (Wildman–Crippen MR) is 85.9 cm³/mol. The maximum Gasteiger partial charge on any atom is 0.267 e. The summed E-state index contributed by atoms with van der Waals surface area (Å²) in [5.41, 5.74) is 1.64. The number of rotatable bonds is 3. The largest absolute Gasteiger partial charge is 0.350 e. The van der Waals surface area contributed by atoms with Crippen molar-refractivity contribution in [2.24, 2.45) is 13.0 Å². The number of amides is 1. The van der Waals surface area contributed by atoms with Crippen LogP contribution in [0.5, 0.6) is 0 Å². The molecule has 2 aromatic rings. The summed E-state index contributed by atoms with van der Waals surface area (Å²) < 4.78 is 1.90. The van der Waals surface area contributed by atoms with Gasteiger partial charge < -0.3 is 14.8 Å². The molecule has 1 aromatic heterocycles. The molecule has 5 heteroatoms. The third kappa shape index (κ3) is 2.78. The Morgan fingerprint density at radius 2 is 2.24 bits per heavy atom. The molecule has 4 nitrogen and oxygen atoms in total. The zero-order chi connectivity index (χ0) is 15.0. The third-order valence-corrected chi connectivity index (χ3v) is 4.64. The summed E-state index contributed by atoms with van der Waals surface area (Å²) in [6.45, 7) is 2.91. The average molecular weight is 306 g/mol. The smallest absolute Gasteiger partial charge is 0.267 e. The van der Waals surface area contributed by atoms with Crippen LogP contribution in [0.4, 0.5) is 0 Å². The summed E-state index contributed by atoms with van der Waals surface area (Å²) in [5.74, 6) is 0.525. The summed E-state index contributed by atoms with van der Waals surface area (Å²) in [6.07, 6.45) is 1.15. The fraction of sp³-hybridized carbons (Fsp3) is 0.438. The second kappa shape index (κ2) is 5.70. The Hall–Kier alpha value is -1.52. The summed E-state index contributed by atoms with van der Waals surface area (Å²) in [4.78, 5) is 14.7. The molecule has 0 aliphatic carbocycles. The molecule has 0 unspecified atom stereocenters. The number of fused-ring (bicyclic) bond motifs is 1. The molecule has 0 radical (unpaired) electrons. The van der Waals surface area contributed by atoms with E-state index in [9.17, 15) is 4.79 Å². The number of halogens is 1. The molecule has 1 saturated heterocycles. The molecule has 1 aliphatic heterocycles. The topological polar surface area (TPSA) is 37.3 Å². The molecule has 1 aromatic carbocycles. The van der Waals surface area contributed by atoms with Crippen LogP contribution in [-0.4, -0.2) is 42.1 Å². The van der Waals surface area contributed by atoms with E-state index in [2.05, 4.69) is 17.3 Å². The lowest BCUT2D eigenvalue weighted by atomic mass is 10.1. The minimum absolute atomic E-state index is 0.0284. The van der Waals surface area contributed by atoms with Gasteiger partial charge in [0.05, 0.1) is 0 Å². The van der Waals surface area contributed by atoms with Crippen LogP contribution in [-0.2, 0) is 7.05 Å². The van der Waals surface area contributed by atoms with Crippen molar-refractivity contribution in [3.8, 4) is 0 Å². The predicted octanol–water partition coefficient (Wildman–Crippen LogP) is 2.51. The minimum Gasteiger partial charge on any atom is -0.350 e. The van der Waals surface area contributed by atoms with Crippen LogP contribution in [0.2, 0.25) is 5.02 Å². The quantitative estimate of drug-likeness (QED) is 0.946. The summed E-state index contributed by atoms with van der Waals surface area (Å²) >= 11 is 6.19. The van der Waals surface area contributed by atoms with Gasteiger partial charge in [0.25, 0.3) is 5.91 Å². The zero-order valence-corrected chi connectivity index (χ0v) is 13.2. The molecule has 112 valence electrons. The second-order valence-electron chi connectivity index (χ2n) is 5.89. The van der Waals surface area contributed by atoms with Gasteiger partial charge in [0, 0.05) is 36.1 Å². The van der Waals surface area contributed by atoms with Gasteiger partial charge in [-0.1, -0.05) is 17.7 Å². The van der Waals surface area contributed by atoms with Crippen molar-refractivity contribution in [3.05, 3.63) is 35.0 Å². The normalized spacial score (nSPS) is 19.3. The molecule has 0 saturated carbocycles. The van der Waals surface area contributed by atoms with Crippen LogP contribution in [0.3, 0.4) is 0 Å². The molecule has 1 atom stereocenters. The van der Waals surface area contributed by atoms with Crippen LogP contribution in [0.1, 0.15) is 16.9 Å². The highest BCUT2D eigenvalue weighted by Gasteiger charge is 2.21. The Bertz CT molecular complexity index is 679. The fourth-order valence-corrected chi connectivity index (χ4v) is 3.29. The Morgan fingerprint density at radius 3 is 2.90 bits per heavy atom. The Labute approximate surface area is 129 Å². The number of hydrogen-bond acceptors (Lipinski definition) is 2. The van der Waals surface area contributed by atoms with Crippen molar-refractivity contribution in [1.29, 1.82) is 0 Å². The van der Waals surface area contributed by atoms with Gasteiger partial charge in [-0.15, -0.1) is 0 Å². The Kier molecular flexibility index (Phi) is 3.91. The first-order chi connectivity index (χ1) is 10.1.